The molecule has 0 saturated carbocycles. The van der Waals surface area contributed by atoms with Crippen LogP contribution in [0.2, 0.25) is 0 Å². The molecule has 1 aliphatic heterocycles. The molecule has 7 nitrogen and oxygen atoms in total. The van der Waals surface area contributed by atoms with Crippen LogP contribution >= 0.6 is 0 Å². The van der Waals surface area contributed by atoms with Crippen molar-refractivity contribution in [1.82, 2.24) is 10.1 Å². The zero-order valence-electron chi connectivity index (χ0n) is 16.4. The van der Waals surface area contributed by atoms with E-state index in [1.807, 2.05) is 12.1 Å². The molecule has 150 valence electrons. The lowest BCUT2D eigenvalue weighted by atomic mass is 10.1. The number of nitrogens with zero attached hydrogens (tertiary/aromatic N) is 3. The molecule has 1 fully saturated rings. The summed E-state index contributed by atoms with van der Waals surface area (Å²) >= 11 is 0. The predicted octanol–water partition coefficient (Wildman–Crippen LogP) is 4.20. The van der Waals surface area contributed by atoms with E-state index in [4.69, 9.17) is 9.26 Å². The van der Waals surface area contributed by atoms with Crippen LogP contribution in [-0.4, -0.2) is 29.1 Å². The van der Waals surface area contributed by atoms with Gasteiger partial charge in [-0.1, -0.05) is 5.16 Å². The molecule has 1 aromatic heterocycles. The maximum absolute atomic E-state index is 12.5. The van der Waals surface area contributed by atoms with E-state index >= 15 is 0 Å². The van der Waals surface area contributed by atoms with E-state index in [0.717, 1.165) is 18.8 Å². The van der Waals surface area contributed by atoms with E-state index in [0.29, 0.717) is 23.0 Å². The molecule has 0 spiro atoms. The Labute approximate surface area is 169 Å². The molecule has 1 saturated heterocycles. The van der Waals surface area contributed by atoms with E-state index < -0.39 is 0 Å². The maximum Gasteiger partial charge on any atom is 0.255 e. The number of piperidine rings is 1. The van der Waals surface area contributed by atoms with Crippen molar-refractivity contribution in [3.05, 3.63) is 65.8 Å². The summed E-state index contributed by atoms with van der Waals surface area (Å²) in [6.07, 6.45) is 3.80. The van der Waals surface area contributed by atoms with Crippen LogP contribution in [0.4, 0.5) is 11.4 Å². The van der Waals surface area contributed by atoms with Gasteiger partial charge in [-0.05, 0) is 67.8 Å². The summed E-state index contributed by atoms with van der Waals surface area (Å²) in [4.78, 5) is 19.0. The summed E-state index contributed by atoms with van der Waals surface area (Å²) in [5, 5.41) is 6.72. The highest BCUT2D eigenvalue weighted by molar-refractivity contribution is 6.04. The van der Waals surface area contributed by atoms with E-state index in [-0.39, 0.29) is 12.5 Å². The van der Waals surface area contributed by atoms with Crippen LogP contribution in [0.5, 0.6) is 5.75 Å². The number of anilines is 2. The van der Waals surface area contributed by atoms with Gasteiger partial charge >= 0.3 is 0 Å². The fourth-order valence-electron chi connectivity index (χ4n) is 3.36. The minimum absolute atomic E-state index is 0.156. The Morgan fingerprint density at radius 2 is 1.79 bits per heavy atom. The molecule has 1 amide bonds. The molecule has 7 heteroatoms. The van der Waals surface area contributed by atoms with Crippen LogP contribution in [0.3, 0.4) is 0 Å². The Morgan fingerprint density at radius 1 is 1.07 bits per heavy atom. The topological polar surface area (TPSA) is 80.5 Å². The number of hydrogen-bond acceptors (Lipinski definition) is 6. The second-order valence-corrected chi connectivity index (χ2v) is 7.09. The highest BCUT2D eigenvalue weighted by atomic mass is 16.5. The molecule has 0 unspecified atom stereocenters. The summed E-state index contributed by atoms with van der Waals surface area (Å²) in [6.45, 7) is 4.15. The lowest BCUT2D eigenvalue weighted by Gasteiger charge is -2.28. The predicted molar refractivity (Wildman–Crippen MR) is 110 cm³/mol. The van der Waals surface area contributed by atoms with Gasteiger partial charge in [0.05, 0.1) is 0 Å². The Balaban J connectivity index is 1.32. The third-order valence-corrected chi connectivity index (χ3v) is 4.90. The fraction of sp³-hybridized carbons (Fsp3) is 0.318. The van der Waals surface area contributed by atoms with E-state index in [1.54, 1.807) is 31.2 Å². The van der Waals surface area contributed by atoms with Crippen molar-refractivity contribution in [2.45, 2.75) is 32.8 Å². The molecule has 1 aliphatic rings. The van der Waals surface area contributed by atoms with Crippen LogP contribution in [0.25, 0.3) is 0 Å². The molecule has 3 aromatic rings. The van der Waals surface area contributed by atoms with Gasteiger partial charge in [0.2, 0.25) is 11.7 Å². The highest BCUT2D eigenvalue weighted by Crippen LogP contribution is 2.22. The number of nitrogens with one attached hydrogen (secondary N) is 1. The number of ether oxygens (including phenoxy) is 1. The van der Waals surface area contributed by atoms with E-state index in [2.05, 4.69) is 32.5 Å². The van der Waals surface area contributed by atoms with Gasteiger partial charge in [0, 0.05) is 37.0 Å². The van der Waals surface area contributed by atoms with Crippen molar-refractivity contribution in [3.63, 3.8) is 0 Å². The number of hydrogen-bond donors (Lipinski definition) is 1. The van der Waals surface area contributed by atoms with Crippen LogP contribution in [0, 0.1) is 6.92 Å². The van der Waals surface area contributed by atoms with Crippen LogP contribution in [0.15, 0.2) is 53.1 Å². The van der Waals surface area contributed by atoms with Gasteiger partial charge in [-0.3, -0.25) is 4.79 Å². The molecule has 0 bridgehead atoms. The third kappa shape index (κ3) is 4.93. The normalized spacial score (nSPS) is 13.9. The molecule has 2 heterocycles. The number of amides is 1. The first kappa shape index (κ1) is 19.0. The molecular formula is C22H24N4O3. The maximum atomic E-state index is 12.5. The summed E-state index contributed by atoms with van der Waals surface area (Å²) in [7, 11) is 0. The smallest absolute Gasteiger partial charge is 0.255 e. The number of benzene rings is 2. The molecule has 0 atom stereocenters. The van der Waals surface area contributed by atoms with Crippen molar-refractivity contribution in [2.24, 2.45) is 0 Å². The standard InChI is InChI=1S/C22H24N4O3/c1-16-23-21(25-29-16)15-28-20-11-5-17(6-12-20)22(27)24-18-7-9-19(10-8-18)26-13-3-2-4-14-26/h5-12H,2-4,13-15H2,1H3,(H,24,27). The number of carbonyl (C=O) groups is 1. The Morgan fingerprint density at radius 3 is 2.45 bits per heavy atom. The zero-order valence-corrected chi connectivity index (χ0v) is 16.4. The summed E-state index contributed by atoms with van der Waals surface area (Å²) in [5.41, 5.74) is 2.55. The number of aromatic nitrogens is 2. The molecule has 2 aromatic carbocycles. The number of rotatable bonds is 6. The molecular weight excluding hydrogens is 368 g/mol. The Bertz CT molecular complexity index is 945. The Kier molecular flexibility index (Phi) is 5.74. The second-order valence-electron chi connectivity index (χ2n) is 7.09. The van der Waals surface area contributed by atoms with Gasteiger partial charge in [-0.2, -0.15) is 4.98 Å². The van der Waals surface area contributed by atoms with Gasteiger partial charge < -0.3 is 19.5 Å². The van der Waals surface area contributed by atoms with Crippen LogP contribution in [-0.2, 0) is 6.61 Å². The average molecular weight is 392 g/mol. The number of carbonyl (C=O) groups excluding carboxylic acids is 1. The van der Waals surface area contributed by atoms with Crippen molar-refractivity contribution >= 4 is 17.3 Å². The van der Waals surface area contributed by atoms with Crippen molar-refractivity contribution in [3.8, 4) is 5.75 Å². The van der Waals surface area contributed by atoms with Gasteiger partial charge in [-0.25, -0.2) is 0 Å². The summed E-state index contributed by atoms with van der Waals surface area (Å²) < 4.78 is 10.5. The third-order valence-electron chi connectivity index (χ3n) is 4.90. The highest BCUT2D eigenvalue weighted by Gasteiger charge is 2.11. The van der Waals surface area contributed by atoms with Gasteiger partial charge in [0.1, 0.15) is 5.75 Å². The second kappa shape index (κ2) is 8.77. The quantitative estimate of drug-likeness (QED) is 0.677. The van der Waals surface area contributed by atoms with Gasteiger partial charge in [0.25, 0.3) is 5.91 Å². The molecule has 4 rings (SSSR count). The first-order chi connectivity index (χ1) is 14.2. The zero-order chi connectivity index (χ0) is 20.1. The molecule has 0 aliphatic carbocycles. The van der Waals surface area contributed by atoms with Crippen LogP contribution in [0.1, 0.15) is 41.3 Å². The minimum atomic E-state index is -0.156. The first-order valence-electron chi connectivity index (χ1n) is 9.86. The molecule has 0 radical (unpaired) electrons. The SMILES string of the molecule is Cc1nc(COc2ccc(C(=O)Nc3ccc(N4CCCCC4)cc3)cc2)no1. The van der Waals surface area contributed by atoms with Crippen molar-refractivity contribution < 1.29 is 14.1 Å². The number of aryl methyl sites for hydroxylation is 1. The van der Waals surface area contributed by atoms with Crippen LogP contribution < -0.4 is 15.0 Å². The van der Waals surface area contributed by atoms with E-state index in [1.165, 1.54) is 24.9 Å². The lowest BCUT2D eigenvalue weighted by Crippen LogP contribution is -2.29. The summed E-state index contributed by atoms with van der Waals surface area (Å²) in [5.74, 6) is 1.46. The average Bonchev–Trinajstić information content (AvgIpc) is 3.19. The van der Waals surface area contributed by atoms with E-state index in [9.17, 15) is 4.79 Å². The van der Waals surface area contributed by atoms with Gasteiger partial charge in [0.15, 0.2) is 6.61 Å². The lowest BCUT2D eigenvalue weighted by molar-refractivity contribution is 0.102. The summed E-state index contributed by atoms with van der Waals surface area (Å²) in [6, 6.07) is 15.0. The molecule has 1 N–H and O–H groups in total. The first-order valence-corrected chi connectivity index (χ1v) is 9.86. The molecule has 29 heavy (non-hydrogen) atoms. The van der Waals surface area contributed by atoms with Crippen molar-refractivity contribution in [1.29, 1.82) is 0 Å². The largest absolute Gasteiger partial charge is 0.485 e. The monoisotopic (exact) mass is 392 g/mol. The van der Waals surface area contributed by atoms with Crippen molar-refractivity contribution in [2.75, 3.05) is 23.3 Å². The van der Waals surface area contributed by atoms with Gasteiger partial charge in [-0.15, -0.1) is 0 Å². The minimum Gasteiger partial charge on any atom is -0.485 e. The fourth-order valence-corrected chi connectivity index (χ4v) is 3.36. The Hall–Kier alpha value is -3.35.